The van der Waals surface area contributed by atoms with Crippen LogP contribution in [0.1, 0.15) is 5.56 Å². The van der Waals surface area contributed by atoms with Crippen LogP contribution in [0.3, 0.4) is 0 Å². The second kappa shape index (κ2) is 6.34. The molecule has 0 radical (unpaired) electrons. The Balaban J connectivity index is 0.00000180. The number of nitrogens with one attached hydrogen (secondary N) is 1. The highest BCUT2D eigenvalue weighted by Crippen LogP contribution is 2.36. The minimum atomic E-state index is -4.34. The maximum atomic E-state index is 12.6. The fourth-order valence-corrected chi connectivity index (χ4v) is 2.02. The molecule has 0 spiro atoms. The number of alkyl halides is 3. The van der Waals surface area contributed by atoms with E-state index < -0.39 is 11.7 Å². The molecule has 0 aliphatic carbocycles. The van der Waals surface area contributed by atoms with Crippen molar-refractivity contribution in [2.45, 2.75) is 6.18 Å². The van der Waals surface area contributed by atoms with Gasteiger partial charge >= 0.3 is 6.18 Å². The quantitative estimate of drug-likeness (QED) is 0.908. The number of anilines is 1. The maximum absolute atomic E-state index is 12.6. The van der Waals surface area contributed by atoms with Gasteiger partial charge in [0, 0.05) is 26.2 Å². The summed E-state index contributed by atoms with van der Waals surface area (Å²) in [5.74, 6) is 0.270. The van der Waals surface area contributed by atoms with Crippen LogP contribution >= 0.6 is 12.4 Å². The molecule has 0 bridgehead atoms. The average Bonchev–Trinajstić information content (AvgIpc) is 2.38. The molecule has 0 atom stereocenters. The van der Waals surface area contributed by atoms with Crippen LogP contribution in [0.5, 0.6) is 5.75 Å². The van der Waals surface area contributed by atoms with E-state index in [0.29, 0.717) is 5.69 Å². The predicted octanol–water partition coefficient (Wildman–Crippen LogP) is 2.55. The summed E-state index contributed by atoms with van der Waals surface area (Å²) < 4.78 is 42.9. The Morgan fingerprint density at radius 2 is 1.84 bits per heavy atom. The predicted molar refractivity (Wildman–Crippen MR) is 70.3 cm³/mol. The summed E-state index contributed by atoms with van der Waals surface area (Å²) in [5, 5.41) is 3.20. The van der Waals surface area contributed by atoms with Gasteiger partial charge < -0.3 is 15.0 Å². The Morgan fingerprint density at radius 1 is 1.21 bits per heavy atom. The van der Waals surface area contributed by atoms with Crippen LogP contribution in [0.25, 0.3) is 0 Å². The molecule has 0 saturated carbocycles. The summed E-state index contributed by atoms with van der Waals surface area (Å²) in [7, 11) is 1.39. The van der Waals surface area contributed by atoms with Gasteiger partial charge in [-0.2, -0.15) is 13.2 Å². The highest BCUT2D eigenvalue weighted by Gasteiger charge is 2.31. The molecule has 0 aromatic heterocycles. The van der Waals surface area contributed by atoms with Crippen LogP contribution in [0.15, 0.2) is 18.2 Å². The first-order valence-corrected chi connectivity index (χ1v) is 5.73. The topological polar surface area (TPSA) is 24.5 Å². The highest BCUT2D eigenvalue weighted by molar-refractivity contribution is 5.85. The molecule has 1 fully saturated rings. The zero-order chi connectivity index (χ0) is 13.2. The van der Waals surface area contributed by atoms with Crippen molar-refractivity contribution in [1.82, 2.24) is 5.32 Å². The molecule has 1 aliphatic heterocycles. The number of methoxy groups -OCH3 is 1. The number of hydrogen-bond donors (Lipinski definition) is 1. The summed E-state index contributed by atoms with van der Waals surface area (Å²) >= 11 is 0. The lowest BCUT2D eigenvalue weighted by molar-refractivity contribution is -0.137. The van der Waals surface area contributed by atoms with E-state index in [4.69, 9.17) is 4.74 Å². The molecule has 19 heavy (non-hydrogen) atoms. The molecule has 1 aromatic rings. The molecule has 0 unspecified atom stereocenters. The van der Waals surface area contributed by atoms with Gasteiger partial charge in [0.1, 0.15) is 5.75 Å². The van der Waals surface area contributed by atoms with Crippen LogP contribution in [-0.4, -0.2) is 33.3 Å². The van der Waals surface area contributed by atoms with Crippen molar-refractivity contribution in [2.24, 2.45) is 0 Å². The number of benzene rings is 1. The minimum absolute atomic E-state index is 0. The molecule has 2 rings (SSSR count). The molecule has 1 aromatic carbocycles. The lowest BCUT2D eigenvalue weighted by Crippen LogP contribution is -2.43. The summed E-state index contributed by atoms with van der Waals surface area (Å²) in [6, 6.07) is 3.63. The van der Waals surface area contributed by atoms with E-state index in [2.05, 4.69) is 5.32 Å². The van der Waals surface area contributed by atoms with Crippen LogP contribution < -0.4 is 15.0 Å². The van der Waals surface area contributed by atoms with E-state index in [0.717, 1.165) is 38.3 Å². The fraction of sp³-hybridized carbons (Fsp3) is 0.500. The van der Waals surface area contributed by atoms with Gasteiger partial charge in [0.15, 0.2) is 0 Å². The Kier molecular flexibility index (Phi) is 5.31. The molecule has 1 saturated heterocycles. The summed E-state index contributed by atoms with van der Waals surface area (Å²) in [6.45, 7) is 3.18. The van der Waals surface area contributed by atoms with Crippen molar-refractivity contribution in [2.75, 3.05) is 38.2 Å². The highest BCUT2D eigenvalue weighted by atomic mass is 35.5. The van der Waals surface area contributed by atoms with Gasteiger partial charge in [0.25, 0.3) is 0 Å². The van der Waals surface area contributed by atoms with Gasteiger partial charge in [0.05, 0.1) is 18.4 Å². The summed E-state index contributed by atoms with van der Waals surface area (Å²) in [5.41, 5.74) is 0.0326. The smallest absolute Gasteiger partial charge is 0.416 e. The van der Waals surface area contributed by atoms with Crippen molar-refractivity contribution >= 4 is 18.1 Å². The Bertz CT molecular complexity index is 420. The molecular formula is C12H16ClF3N2O. The number of nitrogens with zero attached hydrogens (tertiary/aromatic N) is 1. The summed E-state index contributed by atoms with van der Waals surface area (Å²) in [4.78, 5) is 2.02. The van der Waals surface area contributed by atoms with Crippen molar-refractivity contribution in [3.05, 3.63) is 23.8 Å². The third-order valence-electron chi connectivity index (χ3n) is 2.96. The third kappa shape index (κ3) is 3.67. The van der Waals surface area contributed by atoms with Crippen LogP contribution in [-0.2, 0) is 6.18 Å². The SMILES string of the molecule is COc1cc(C(F)(F)F)ccc1N1CCNCC1.Cl. The number of piperazine rings is 1. The summed E-state index contributed by atoms with van der Waals surface area (Å²) in [6.07, 6.45) is -4.34. The number of hydrogen-bond acceptors (Lipinski definition) is 3. The zero-order valence-corrected chi connectivity index (χ0v) is 11.3. The fourth-order valence-electron chi connectivity index (χ4n) is 2.02. The molecule has 7 heteroatoms. The standard InChI is InChI=1S/C12H15F3N2O.ClH/c1-18-11-8-9(12(13,14)15)2-3-10(11)17-6-4-16-5-7-17;/h2-3,8,16H,4-7H2,1H3;1H. The van der Waals surface area contributed by atoms with Gasteiger partial charge in [-0.05, 0) is 18.2 Å². The van der Waals surface area contributed by atoms with E-state index in [1.165, 1.54) is 13.2 Å². The van der Waals surface area contributed by atoms with Crippen molar-refractivity contribution in [3.8, 4) is 5.75 Å². The second-order valence-electron chi connectivity index (χ2n) is 4.12. The van der Waals surface area contributed by atoms with Gasteiger partial charge in [0.2, 0.25) is 0 Å². The Labute approximate surface area is 116 Å². The van der Waals surface area contributed by atoms with Crippen molar-refractivity contribution in [3.63, 3.8) is 0 Å². The zero-order valence-electron chi connectivity index (χ0n) is 10.5. The van der Waals surface area contributed by atoms with Crippen molar-refractivity contribution < 1.29 is 17.9 Å². The molecule has 108 valence electrons. The lowest BCUT2D eigenvalue weighted by atomic mass is 10.1. The monoisotopic (exact) mass is 296 g/mol. The van der Waals surface area contributed by atoms with Crippen LogP contribution in [0.4, 0.5) is 18.9 Å². The lowest BCUT2D eigenvalue weighted by Gasteiger charge is -2.30. The first-order chi connectivity index (χ1) is 8.52. The molecule has 1 N–H and O–H groups in total. The molecule has 3 nitrogen and oxygen atoms in total. The number of rotatable bonds is 2. The van der Waals surface area contributed by atoms with E-state index >= 15 is 0 Å². The van der Waals surface area contributed by atoms with E-state index in [-0.39, 0.29) is 18.2 Å². The third-order valence-corrected chi connectivity index (χ3v) is 2.96. The molecule has 1 aliphatic rings. The van der Waals surface area contributed by atoms with Crippen molar-refractivity contribution in [1.29, 1.82) is 0 Å². The molecule has 0 amide bonds. The normalized spacial score (nSPS) is 15.9. The first kappa shape index (κ1) is 15.9. The first-order valence-electron chi connectivity index (χ1n) is 5.73. The van der Waals surface area contributed by atoms with Gasteiger partial charge in [-0.1, -0.05) is 0 Å². The van der Waals surface area contributed by atoms with Gasteiger partial charge in [-0.3, -0.25) is 0 Å². The number of halogens is 4. The maximum Gasteiger partial charge on any atom is 0.416 e. The minimum Gasteiger partial charge on any atom is -0.495 e. The molecular weight excluding hydrogens is 281 g/mol. The van der Waals surface area contributed by atoms with Gasteiger partial charge in [-0.15, -0.1) is 12.4 Å². The van der Waals surface area contributed by atoms with E-state index in [9.17, 15) is 13.2 Å². The average molecular weight is 297 g/mol. The van der Waals surface area contributed by atoms with Crippen LogP contribution in [0, 0.1) is 0 Å². The second-order valence-corrected chi connectivity index (χ2v) is 4.12. The number of ether oxygens (including phenoxy) is 1. The van der Waals surface area contributed by atoms with E-state index in [1.807, 2.05) is 4.90 Å². The Hall–Kier alpha value is -1.14. The Morgan fingerprint density at radius 3 is 2.37 bits per heavy atom. The van der Waals surface area contributed by atoms with Crippen LogP contribution in [0.2, 0.25) is 0 Å². The largest absolute Gasteiger partial charge is 0.495 e. The van der Waals surface area contributed by atoms with E-state index in [1.54, 1.807) is 0 Å². The van der Waals surface area contributed by atoms with Gasteiger partial charge in [-0.25, -0.2) is 0 Å². The molecule has 1 heterocycles.